The average Bonchev–Trinajstić information content (AvgIpc) is 1.90. The Labute approximate surface area is 60.3 Å². The fourth-order valence-corrected chi connectivity index (χ4v) is 1.28. The van der Waals surface area contributed by atoms with E-state index in [1.54, 1.807) is 0 Å². The molecule has 3 nitrogen and oxygen atoms in total. The molecule has 0 saturated carbocycles. The Bertz CT molecular complexity index is 65.2. The predicted molar refractivity (Wildman–Crippen MR) is 44.2 cm³/mol. The van der Waals surface area contributed by atoms with Crippen LogP contribution in [0.1, 0.15) is 6.92 Å². The minimum Gasteiger partial charge on any atom is -0.307 e. The zero-order valence-corrected chi connectivity index (χ0v) is 8.73. The summed E-state index contributed by atoms with van der Waals surface area (Å²) in [6, 6.07) is 0. The maximum absolute atomic E-state index is 3.15. The van der Waals surface area contributed by atoms with Crippen molar-refractivity contribution in [2.24, 2.45) is 0 Å². The molecule has 0 unspecified atom stereocenters. The molecule has 0 spiro atoms. The summed E-state index contributed by atoms with van der Waals surface area (Å²) in [5, 5.41) is 6.30. The van der Waals surface area contributed by atoms with Crippen LogP contribution in [-0.2, 0) is 0 Å². The molecule has 0 aromatic rings. The third kappa shape index (κ3) is 2.95. The van der Waals surface area contributed by atoms with E-state index in [9.17, 15) is 0 Å². The van der Waals surface area contributed by atoms with E-state index in [0.29, 0.717) is 6.29 Å². The first kappa shape index (κ1) is 9.10. The molecule has 2 N–H and O–H groups in total. The largest absolute Gasteiger partial charge is 0.307 e. The van der Waals surface area contributed by atoms with Gasteiger partial charge in [-0.25, -0.2) is 0 Å². The van der Waals surface area contributed by atoms with Gasteiger partial charge in [0.05, 0.1) is 10.4 Å². The number of nitrogens with one attached hydrogen (secondary N) is 2. The topological polar surface area (TPSA) is 27.3 Å². The molecular formula is C5H17N3Si. The van der Waals surface area contributed by atoms with Gasteiger partial charge >= 0.3 is 0 Å². The lowest BCUT2D eigenvalue weighted by Crippen LogP contribution is -2.51. The van der Waals surface area contributed by atoms with Gasteiger partial charge in [0.1, 0.15) is 6.29 Å². The van der Waals surface area contributed by atoms with E-state index < -0.39 is 0 Å². The molecule has 0 heterocycles. The summed E-state index contributed by atoms with van der Waals surface area (Å²) in [6.07, 6.45) is 0.363. The third-order valence-electron chi connectivity index (χ3n) is 1.49. The second-order valence-corrected chi connectivity index (χ2v) is 3.20. The van der Waals surface area contributed by atoms with Crippen LogP contribution in [0, 0.1) is 0 Å². The maximum Gasteiger partial charge on any atom is 0.107 e. The molecule has 0 radical (unpaired) electrons. The second-order valence-electron chi connectivity index (χ2n) is 2.05. The summed E-state index contributed by atoms with van der Waals surface area (Å²) < 4.78 is 2.32. The fourth-order valence-electron chi connectivity index (χ4n) is 0.768. The van der Waals surface area contributed by atoms with Crippen LogP contribution < -0.4 is 10.6 Å². The van der Waals surface area contributed by atoms with Crippen molar-refractivity contribution in [1.82, 2.24) is 15.2 Å². The van der Waals surface area contributed by atoms with Gasteiger partial charge in [-0.15, -0.1) is 0 Å². The standard InChI is InChI=1S/C5H17N3Si/c1-4-8(9)5(6-2)7-3/h5-7H,4H2,1-3,9H3. The average molecular weight is 147 g/mol. The molecule has 0 bridgehead atoms. The molecule has 0 atom stereocenters. The lowest BCUT2D eigenvalue weighted by molar-refractivity contribution is 0.274. The Kier molecular flexibility index (Phi) is 4.98. The normalized spacial score (nSPS) is 11.7. The lowest BCUT2D eigenvalue weighted by Gasteiger charge is -2.25. The number of rotatable bonds is 4. The number of nitrogens with zero attached hydrogens (tertiary/aromatic N) is 1. The van der Waals surface area contributed by atoms with E-state index >= 15 is 0 Å². The van der Waals surface area contributed by atoms with Crippen molar-refractivity contribution < 1.29 is 0 Å². The summed E-state index contributed by atoms with van der Waals surface area (Å²) in [5.74, 6) is 0. The van der Waals surface area contributed by atoms with Gasteiger partial charge in [-0.3, -0.25) is 10.6 Å². The molecule has 0 aliphatic heterocycles. The van der Waals surface area contributed by atoms with Crippen molar-refractivity contribution in [3.63, 3.8) is 0 Å². The molecule has 0 rings (SSSR count). The highest BCUT2D eigenvalue weighted by molar-refractivity contribution is 6.04. The SMILES string of the molecule is CCN([SiH3])C(NC)NC. The van der Waals surface area contributed by atoms with E-state index in [-0.39, 0.29) is 0 Å². The summed E-state index contributed by atoms with van der Waals surface area (Å²) in [4.78, 5) is 0. The number of hydrogen-bond acceptors (Lipinski definition) is 3. The highest BCUT2D eigenvalue weighted by Crippen LogP contribution is 1.82. The molecule has 0 aliphatic carbocycles. The van der Waals surface area contributed by atoms with Crippen molar-refractivity contribution in [3.8, 4) is 0 Å². The van der Waals surface area contributed by atoms with Crippen molar-refractivity contribution >= 4 is 10.4 Å². The summed E-state index contributed by atoms with van der Waals surface area (Å²) in [6.45, 7) is 3.27. The van der Waals surface area contributed by atoms with Crippen LogP contribution >= 0.6 is 0 Å². The Morgan fingerprint density at radius 2 is 1.89 bits per heavy atom. The summed E-state index contributed by atoms with van der Waals surface area (Å²) in [5.41, 5.74) is 0. The van der Waals surface area contributed by atoms with Crippen molar-refractivity contribution in [2.75, 3.05) is 20.6 Å². The van der Waals surface area contributed by atoms with Crippen LogP contribution in [0.5, 0.6) is 0 Å². The fraction of sp³-hybridized carbons (Fsp3) is 1.00. The van der Waals surface area contributed by atoms with E-state index in [0.717, 1.165) is 16.9 Å². The van der Waals surface area contributed by atoms with Crippen molar-refractivity contribution in [1.29, 1.82) is 0 Å². The van der Waals surface area contributed by atoms with Crippen molar-refractivity contribution in [3.05, 3.63) is 0 Å². The monoisotopic (exact) mass is 147 g/mol. The molecular weight excluding hydrogens is 130 g/mol. The summed E-state index contributed by atoms with van der Waals surface area (Å²) in [7, 11) is 5.02. The minimum absolute atomic E-state index is 0.363. The highest BCUT2D eigenvalue weighted by Gasteiger charge is 2.04. The second kappa shape index (κ2) is 4.93. The van der Waals surface area contributed by atoms with Gasteiger partial charge in [0.15, 0.2) is 0 Å². The van der Waals surface area contributed by atoms with Crippen LogP contribution in [0.15, 0.2) is 0 Å². The maximum atomic E-state index is 3.15. The van der Waals surface area contributed by atoms with Crippen LogP contribution in [0.2, 0.25) is 0 Å². The Balaban J connectivity index is 3.50. The summed E-state index contributed by atoms with van der Waals surface area (Å²) >= 11 is 0. The molecule has 0 aliphatic rings. The first-order chi connectivity index (χ1) is 4.26. The molecule has 0 saturated heterocycles. The highest BCUT2D eigenvalue weighted by atomic mass is 28.2. The molecule has 9 heavy (non-hydrogen) atoms. The first-order valence-electron chi connectivity index (χ1n) is 3.31. The van der Waals surface area contributed by atoms with Crippen LogP contribution in [0.4, 0.5) is 0 Å². The molecule has 0 aromatic heterocycles. The van der Waals surface area contributed by atoms with E-state index in [4.69, 9.17) is 0 Å². The van der Waals surface area contributed by atoms with E-state index in [1.807, 2.05) is 14.1 Å². The lowest BCUT2D eigenvalue weighted by atomic mass is 10.7. The van der Waals surface area contributed by atoms with Gasteiger partial charge in [-0.2, -0.15) is 0 Å². The smallest absolute Gasteiger partial charge is 0.107 e. The van der Waals surface area contributed by atoms with Crippen LogP contribution in [-0.4, -0.2) is 41.9 Å². The Morgan fingerprint density at radius 1 is 1.44 bits per heavy atom. The third-order valence-corrected chi connectivity index (χ3v) is 2.64. The Hall–Kier alpha value is 0.0969. The van der Waals surface area contributed by atoms with Gasteiger partial charge in [0.2, 0.25) is 0 Å². The number of hydrogen-bond donors (Lipinski definition) is 2. The predicted octanol–water partition coefficient (Wildman–Crippen LogP) is -1.69. The molecule has 0 fully saturated rings. The molecule has 4 heteroatoms. The minimum atomic E-state index is 0.363. The first-order valence-corrected chi connectivity index (χ1v) is 4.20. The van der Waals surface area contributed by atoms with Crippen molar-refractivity contribution in [2.45, 2.75) is 13.2 Å². The molecule has 56 valence electrons. The zero-order chi connectivity index (χ0) is 7.28. The molecule has 0 aromatic carbocycles. The quantitative estimate of drug-likeness (QED) is 0.367. The van der Waals surface area contributed by atoms with Gasteiger partial charge in [0, 0.05) is 0 Å². The molecule has 0 amide bonds. The van der Waals surface area contributed by atoms with Crippen LogP contribution in [0.25, 0.3) is 0 Å². The Morgan fingerprint density at radius 3 is 2.00 bits per heavy atom. The van der Waals surface area contributed by atoms with Gasteiger partial charge < -0.3 is 4.57 Å². The van der Waals surface area contributed by atoms with Gasteiger partial charge in [-0.1, -0.05) is 6.92 Å². The van der Waals surface area contributed by atoms with Gasteiger partial charge in [-0.05, 0) is 20.6 Å². The van der Waals surface area contributed by atoms with E-state index in [2.05, 4.69) is 22.1 Å². The van der Waals surface area contributed by atoms with Gasteiger partial charge in [0.25, 0.3) is 0 Å². The van der Waals surface area contributed by atoms with Crippen LogP contribution in [0.3, 0.4) is 0 Å². The zero-order valence-electron chi connectivity index (χ0n) is 6.73. The van der Waals surface area contributed by atoms with E-state index in [1.165, 1.54) is 0 Å².